The van der Waals surface area contributed by atoms with Crippen molar-refractivity contribution in [1.82, 2.24) is 4.90 Å². The van der Waals surface area contributed by atoms with Gasteiger partial charge in [0.1, 0.15) is 0 Å². The topological polar surface area (TPSA) is 38.8 Å². The molecule has 4 nitrogen and oxygen atoms in total. The highest BCUT2D eigenvalue weighted by Crippen LogP contribution is 2.30. The smallest absolute Gasteiger partial charge is 0.204 e. The normalized spacial score (nSPS) is 24.4. The van der Waals surface area contributed by atoms with Gasteiger partial charge >= 0.3 is 0 Å². The fraction of sp³-hybridized carbons (Fsp3) is 0.500. The number of hydrogen-bond donors (Lipinski definition) is 0. The lowest BCUT2D eigenvalue weighted by Crippen LogP contribution is -2.57. The molecule has 1 heterocycles. The molecule has 98 valence electrons. The second kappa shape index (κ2) is 5.61. The molecule has 0 aromatic heterocycles. The fourth-order valence-electron chi connectivity index (χ4n) is 2.48. The van der Waals surface area contributed by atoms with Crippen LogP contribution in [0.4, 0.5) is 0 Å². The molecular weight excluding hydrogens is 230 g/mol. The van der Waals surface area contributed by atoms with E-state index >= 15 is 0 Å². The minimum atomic E-state index is -1.01. The predicted octanol–water partition coefficient (Wildman–Crippen LogP) is 1.41. The molecule has 1 fully saturated rings. The van der Waals surface area contributed by atoms with Gasteiger partial charge < -0.3 is 9.47 Å². The second-order valence-electron chi connectivity index (χ2n) is 4.50. The van der Waals surface area contributed by atoms with Crippen molar-refractivity contribution >= 4 is 6.29 Å². The Hall–Kier alpha value is -1.23. The lowest BCUT2D eigenvalue weighted by molar-refractivity contribution is -0.184. The van der Waals surface area contributed by atoms with Crippen molar-refractivity contribution in [3.63, 3.8) is 0 Å². The summed E-state index contributed by atoms with van der Waals surface area (Å²) >= 11 is 0. The van der Waals surface area contributed by atoms with Gasteiger partial charge in [0.15, 0.2) is 6.29 Å². The molecule has 1 aliphatic rings. The van der Waals surface area contributed by atoms with Crippen LogP contribution in [-0.4, -0.2) is 44.1 Å². The van der Waals surface area contributed by atoms with Crippen LogP contribution in [0.1, 0.15) is 12.5 Å². The third-order valence-electron chi connectivity index (χ3n) is 3.45. The Balaban J connectivity index is 2.40. The summed E-state index contributed by atoms with van der Waals surface area (Å²) in [6, 6.07) is 9.73. The molecule has 1 aromatic carbocycles. The molecule has 0 bridgehead atoms. The molecule has 4 heteroatoms. The van der Waals surface area contributed by atoms with Crippen LogP contribution in [0.15, 0.2) is 30.3 Å². The number of ether oxygens (including phenoxy) is 2. The first-order valence-electron chi connectivity index (χ1n) is 6.16. The maximum Gasteiger partial charge on any atom is 0.204 e. The third kappa shape index (κ3) is 2.19. The molecule has 0 spiro atoms. The quantitative estimate of drug-likeness (QED) is 0.756. The molecule has 2 atom stereocenters. The zero-order chi connectivity index (χ0) is 13.0. The number of carbonyl (C=O) groups is 1. The summed E-state index contributed by atoms with van der Waals surface area (Å²) in [4.78, 5) is 13.8. The largest absolute Gasteiger partial charge is 0.379 e. The van der Waals surface area contributed by atoms with E-state index in [0.29, 0.717) is 19.8 Å². The highest BCUT2D eigenvalue weighted by atomic mass is 16.5. The van der Waals surface area contributed by atoms with E-state index in [-0.39, 0.29) is 6.04 Å². The van der Waals surface area contributed by atoms with Crippen molar-refractivity contribution in [3.8, 4) is 0 Å². The van der Waals surface area contributed by atoms with Crippen molar-refractivity contribution in [2.24, 2.45) is 0 Å². The summed E-state index contributed by atoms with van der Waals surface area (Å²) in [7, 11) is 1.57. The summed E-state index contributed by atoms with van der Waals surface area (Å²) in [6.07, 6.45) is 0.879. The number of aldehydes is 1. The molecule has 1 aromatic rings. The van der Waals surface area contributed by atoms with E-state index < -0.39 is 5.72 Å². The van der Waals surface area contributed by atoms with Crippen LogP contribution in [0.5, 0.6) is 0 Å². The van der Waals surface area contributed by atoms with E-state index in [1.54, 1.807) is 7.11 Å². The average Bonchev–Trinajstić information content (AvgIpc) is 2.44. The number of hydrogen-bond acceptors (Lipinski definition) is 4. The van der Waals surface area contributed by atoms with Gasteiger partial charge in [-0.05, 0) is 6.92 Å². The molecule has 0 unspecified atom stereocenters. The molecule has 0 saturated carbocycles. The van der Waals surface area contributed by atoms with Gasteiger partial charge in [-0.1, -0.05) is 30.3 Å². The van der Waals surface area contributed by atoms with Crippen molar-refractivity contribution in [2.75, 3.05) is 26.9 Å². The Morgan fingerprint density at radius 3 is 2.72 bits per heavy atom. The Morgan fingerprint density at radius 1 is 1.44 bits per heavy atom. The van der Waals surface area contributed by atoms with E-state index in [2.05, 4.69) is 4.90 Å². The van der Waals surface area contributed by atoms with Gasteiger partial charge in [0.25, 0.3) is 0 Å². The van der Waals surface area contributed by atoms with Crippen LogP contribution < -0.4 is 0 Å². The summed E-state index contributed by atoms with van der Waals surface area (Å²) in [5, 5.41) is 0. The van der Waals surface area contributed by atoms with E-state index in [1.165, 1.54) is 0 Å². The Bertz CT molecular complexity index is 395. The van der Waals surface area contributed by atoms with Gasteiger partial charge in [0, 0.05) is 25.3 Å². The van der Waals surface area contributed by atoms with Gasteiger partial charge in [-0.2, -0.15) is 0 Å². The van der Waals surface area contributed by atoms with Gasteiger partial charge in [-0.15, -0.1) is 0 Å². The maximum atomic E-state index is 11.7. The molecule has 1 aliphatic heterocycles. The standard InChI is InChI=1S/C14H19NO3/c1-12-10-18-9-8-15(12)14(11-16,17-2)13-6-4-3-5-7-13/h3-7,11-12H,8-10H2,1-2H3/t12-,14-/m0/s1. The fourth-order valence-corrected chi connectivity index (χ4v) is 2.48. The minimum absolute atomic E-state index is 0.143. The Morgan fingerprint density at radius 2 is 2.17 bits per heavy atom. The van der Waals surface area contributed by atoms with E-state index in [0.717, 1.165) is 11.8 Å². The highest BCUT2D eigenvalue weighted by molar-refractivity contribution is 5.65. The molecule has 2 rings (SSSR count). The molecule has 0 aliphatic carbocycles. The average molecular weight is 249 g/mol. The maximum absolute atomic E-state index is 11.7. The second-order valence-corrected chi connectivity index (χ2v) is 4.50. The summed E-state index contributed by atoms with van der Waals surface area (Å²) in [6.45, 7) is 3.96. The number of rotatable bonds is 4. The van der Waals surface area contributed by atoms with Crippen LogP contribution in [-0.2, 0) is 20.0 Å². The molecule has 0 radical (unpaired) electrons. The zero-order valence-electron chi connectivity index (χ0n) is 10.8. The number of morpholine rings is 1. The van der Waals surface area contributed by atoms with Crippen molar-refractivity contribution in [2.45, 2.75) is 18.7 Å². The number of carbonyl (C=O) groups excluding carboxylic acids is 1. The number of methoxy groups -OCH3 is 1. The van der Waals surface area contributed by atoms with Crippen molar-refractivity contribution < 1.29 is 14.3 Å². The van der Waals surface area contributed by atoms with Crippen LogP contribution in [0.25, 0.3) is 0 Å². The first kappa shape index (κ1) is 13.2. The van der Waals surface area contributed by atoms with Crippen molar-refractivity contribution in [3.05, 3.63) is 35.9 Å². The van der Waals surface area contributed by atoms with E-state index in [4.69, 9.17) is 9.47 Å². The molecule has 0 N–H and O–H groups in total. The Kier molecular flexibility index (Phi) is 4.11. The number of benzene rings is 1. The van der Waals surface area contributed by atoms with Crippen LogP contribution in [0.2, 0.25) is 0 Å². The van der Waals surface area contributed by atoms with Crippen LogP contribution in [0.3, 0.4) is 0 Å². The third-order valence-corrected chi connectivity index (χ3v) is 3.45. The SMILES string of the molecule is CO[C@@](C=O)(c1ccccc1)N1CCOC[C@@H]1C. The lowest BCUT2D eigenvalue weighted by atomic mass is 9.99. The van der Waals surface area contributed by atoms with Gasteiger partial charge in [0.05, 0.1) is 13.2 Å². The van der Waals surface area contributed by atoms with E-state index in [9.17, 15) is 4.79 Å². The predicted molar refractivity (Wildman–Crippen MR) is 68.2 cm³/mol. The van der Waals surface area contributed by atoms with Gasteiger partial charge in [0.2, 0.25) is 5.72 Å². The van der Waals surface area contributed by atoms with Gasteiger partial charge in [-0.3, -0.25) is 9.69 Å². The lowest BCUT2D eigenvalue weighted by Gasteiger charge is -2.44. The van der Waals surface area contributed by atoms with Crippen molar-refractivity contribution in [1.29, 1.82) is 0 Å². The molecule has 0 amide bonds. The summed E-state index contributed by atoms with van der Waals surface area (Å²) in [5.74, 6) is 0. The zero-order valence-corrected chi connectivity index (χ0v) is 10.8. The van der Waals surface area contributed by atoms with Crippen LogP contribution >= 0.6 is 0 Å². The first-order valence-corrected chi connectivity index (χ1v) is 6.16. The van der Waals surface area contributed by atoms with E-state index in [1.807, 2.05) is 37.3 Å². The molecular formula is C14H19NO3. The number of nitrogens with zero attached hydrogens (tertiary/aromatic N) is 1. The van der Waals surface area contributed by atoms with Crippen LogP contribution in [0, 0.1) is 0 Å². The minimum Gasteiger partial charge on any atom is -0.379 e. The summed E-state index contributed by atoms with van der Waals surface area (Å²) in [5.41, 5.74) is -0.152. The monoisotopic (exact) mass is 249 g/mol. The molecule has 1 saturated heterocycles. The van der Waals surface area contributed by atoms with Gasteiger partial charge in [-0.25, -0.2) is 0 Å². The first-order chi connectivity index (χ1) is 8.74. The summed E-state index contributed by atoms with van der Waals surface area (Å²) < 4.78 is 11.0. The highest BCUT2D eigenvalue weighted by Gasteiger charge is 2.42. The Labute approximate surface area is 107 Å². The molecule has 18 heavy (non-hydrogen) atoms.